The van der Waals surface area contributed by atoms with Crippen LogP contribution in [0.2, 0.25) is 5.02 Å². The average molecular weight is 387 g/mol. The first-order chi connectivity index (χ1) is 11.6. The van der Waals surface area contributed by atoms with Crippen LogP contribution in [0.5, 0.6) is 0 Å². The van der Waals surface area contributed by atoms with Crippen molar-refractivity contribution in [2.75, 3.05) is 26.3 Å². The Morgan fingerprint density at radius 1 is 1.40 bits per heavy atom. The van der Waals surface area contributed by atoms with Gasteiger partial charge >= 0.3 is 0 Å². The molecule has 25 heavy (non-hydrogen) atoms. The molecule has 0 spiro atoms. The summed E-state index contributed by atoms with van der Waals surface area (Å²) in [5.74, 6) is 0.314. The second kappa shape index (κ2) is 9.22. The van der Waals surface area contributed by atoms with Gasteiger partial charge in [-0.05, 0) is 56.8 Å². The second-order valence-corrected chi connectivity index (χ2v) is 7.63. The quantitative estimate of drug-likeness (QED) is 0.834. The first-order valence-electron chi connectivity index (χ1n) is 8.94. The van der Waals surface area contributed by atoms with Gasteiger partial charge < -0.3 is 15.4 Å². The van der Waals surface area contributed by atoms with Crippen LogP contribution >= 0.6 is 24.0 Å². The highest BCUT2D eigenvalue weighted by atomic mass is 35.5. The molecule has 2 N–H and O–H groups in total. The van der Waals surface area contributed by atoms with Gasteiger partial charge in [-0.25, -0.2) is 0 Å². The summed E-state index contributed by atoms with van der Waals surface area (Å²) in [5.41, 5.74) is 1.13. The van der Waals surface area contributed by atoms with Crippen LogP contribution in [0, 0.1) is 5.92 Å². The number of halogens is 2. The molecule has 0 aliphatic carbocycles. The van der Waals surface area contributed by atoms with E-state index in [4.69, 9.17) is 16.3 Å². The average Bonchev–Trinajstić information content (AvgIpc) is 2.60. The lowest BCUT2D eigenvalue weighted by atomic mass is 9.74. The van der Waals surface area contributed by atoms with Crippen molar-refractivity contribution in [3.8, 4) is 0 Å². The maximum absolute atomic E-state index is 12.6. The highest BCUT2D eigenvalue weighted by Crippen LogP contribution is 2.35. The number of amides is 1. The third-order valence-corrected chi connectivity index (χ3v) is 5.72. The fourth-order valence-corrected chi connectivity index (χ4v) is 4.11. The molecule has 6 heteroatoms. The van der Waals surface area contributed by atoms with Gasteiger partial charge in [0, 0.05) is 42.2 Å². The van der Waals surface area contributed by atoms with Gasteiger partial charge in [-0.1, -0.05) is 23.7 Å². The zero-order chi connectivity index (χ0) is 17.0. The maximum atomic E-state index is 12.6. The second-order valence-electron chi connectivity index (χ2n) is 7.20. The lowest BCUT2D eigenvalue weighted by Crippen LogP contribution is -2.48. The molecule has 2 saturated heterocycles. The first kappa shape index (κ1) is 20.5. The molecule has 1 aromatic carbocycles. The molecule has 0 aromatic heterocycles. The van der Waals surface area contributed by atoms with E-state index in [1.807, 2.05) is 18.2 Å². The molecule has 0 radical (unpaired) electrons. The molecule has 2 atom stereocenters. The van der Waals surface area contributed by atoms with E-state index in [1.165, 1.54) is 5.56 Å². The lowest BCUT2D eigenvalue weighted by Gasteiger charge is -2.38. The van der Waals surface area contributed by atoms with E-state index in [0.717, 1.165) is 50.5 Å². The molecule has 2 aliphatic heterocycles. The summed E-state index contributed by atoms with van der Waals surface area (Å²) in [7, 11) is 0. The third kappa shape index (κ3) is 5.10. The van der Waals surface area contributed by atoms with Crippen molar-refractivity contribution in [2.45, 2.75) is 44.1 Å². The van der Waals surface area contributed by atoms with E-state index in [-0.39, 0.29) is 29.6 Å². The van der Waals surface area contributed by atoms with Gasteiger partial charge in [0.2, 0.25) is 5.91 Å². The number of carbonyl (C=O) groups excluding carboxylic acids is 1. The summed E-state index contributed by atoms with van der Waals surface area (Å²) in [5, 5.41) is 7.38. The minimum absolute atomic E-state index is 0. The fourth-order valence-electron chi connectivity index (χ4n) is 3.92. The monoisotopic (exact) mass is 386 g/mol. The van der Waals surface area contributed by atoms with Crippen molar-refractivity contribution in [1.82, 2.24) is 10.6 Å². The van der Waals surface area contributed by atoms with Crippen LogP contribution in [-0.4, -0.2) is 38.3 Å². The molecule has 1 aromatic rings. The SMILES string of the molecule is C[C@H]1C[C@@H](C(=O)NCC2(c3cccc(Cl)c3)CCOCC2)CCN1.Cl. The van der Waals surface area contributed by atoms with E-state index >= 15 is 0 Å². The van der Waals surface area contributed by atoms with Gasteiger partial charge in [-0.2, -0.15) is 0 Å². The Kier molecular flexibility index (Phi) is 7.56. The van der Waals surface area contributed by atoms with E-state index in [9.17, 15) is 4.79 Å². The Balaban J connectivity index is 0.00000225. The molecule has 0 saturated carbocycles. The minimum atomic E-state index is -0.0721. The van der Waals surface area contributed by atoms with Crippen LogP contribution in [0.3, 0.4) is 0 Å². The van der Waals surface area contributed by atoms with Crippen molar-refractivity contribution in [3.05, 3.63) is 34.9 Å². The van der Waals surface area contributed by atoms with Crippen molar-refractivity contribution >= 4 is 29.9 Å². The van der Waals surface area contributed by atoms with E-state index in [1.54, 1.807) is 0 Å². The van der Waals surface area contributed by atoms with E-state index < -0.39 is 0 Å². The Labute approximate surface area is 161 Å². The molecule has 140 valence electrons. The largest absolute Gasteiger partial charge is 0.381 e. The number of benzene rings is 1. The van der Waals surface area contributed by atoms with Crippen LogP contribution in [0.25, 0.3) is 0 Å². The molecule has 2 heterocycles. The minimum Gasteiger partial charge on any atom is -0.381 e. The summed E-state index contributed by atoms with van der Waals surface area (Å²) in [6.07, 6.45) is 3.66. The summed E-state index contributed by atoms with van der Waals surface area (Å²) >= 11 is 6.20. The predicted molar refractivity (Wildman–Crippen MR) is 104 cm³/mol. The highest BCUT2D eigenvalue weighted by Gasteiger charge is 2.36. The van der Waals surface area contributed by atoms with Gasteiger partial charge in [0.05, 0.1) is 0 Å². The van der Waals surface area contributed by atoms with Crippen molar-refractivity contribution in [1.29, 1.82) is 0 Å². The van der Waals surface area contributed by atoms with Crippen molar-refractivity contribution < 1.29 is 9.53 Å². The van der Waals surface area contributed by atoms with Crippen LogP contribution in [0.1, 0.15) is 38.2 Å². The molecule has 0 bridgehead atoms. The zero-order valence-corrected chi connectivity index (χ0v) is 16.3. The fraction of sp³-hybridized carbons (Fsp3) is 0.632. The Morgan fingerprint density at radius 3 is 2.84 bits per heavy atom. The molecule has 3 rings (SSSR count). The highest BCUT2D eigenvalue weighted by molar-refractivity contribution is 6.30. The van der Waals surface area contributed by atoms with Crippen LogP contribution < -0.4 is 10.6 Å². The van der Waals surface area contributed by atoms with E-state index in [2.05, 4.69) is 23.6 Å². The molecular formula is C19H28Cl2N2O2. The Bertz CT molecular complexity index is 576. The summed E-state index contributed by atoms with van der Waals surface area (Å²) in [4.78, 5) is 12.6. The normalized spacial score (nSPS) is 25.7. The molecule has 1 amide bonds. The number of rotatable bonds is 4. The first-order valence-corrected chi connectivity index (χ1v) is 9.32. The molecular weight excluding hydrogens is 359 g/mol. The Hall–Kier alpha value is -0.810. The number of nitrogens with one attached hydrogen (secondary N) is 2. The molecule has 2 aliphatic rings. The van der Waals surface area contributed by atoms with Gasteiger partial charge in [0.15, 0.2) is 0 Å². The molecule has 2 fully saturated rings. The maximum Gasteiger partial charge on any atom is 0.223 e. The number of ether oxygens (including phenoxy) is 1. The smallest absolute Gasteiger partial charge is 0.223 e. The van der Waals surface area contributed by atoms with Crippen LogP contribution in [0.15, 0.2) is 24.3 Å². The Morgan fingerprint density at radius 2 is 2.16 bits per heavy atom. The predicted octanol–water partition coefficient (Wildman–Crippen LogP) is 3.31. The van der Waals surface area contributed by atoms with Gasteiger partial charge in [0.25, 0.3) is 0 Å². The number of piperidine rings is 1. The zero-order valence-electron chi connectivity index (χ0n) is 14.7. The molecule has 0 unspecified atom stereocenters. The topological polar surface area (TPSA) is 50.4 Å². The van der Waals surface area contributed by atoms with E-state index in [0.29, 0.717) is 12.6 Å². The lowest BCUT2D eigenvalue weighted by molar-refractivity contribution is -0.126. The molecule has 4 nitrogen and oxygen atoms in total. The van der Waals surface area contributed by atoms with Crippen LogP contribution in [-0.2, 0) is 14.9 Å². The van der Waals surface area contributed by atoms with Crippen molar-refractivity contribution in [3.63, 3.8) is 0 Å². The van der Waals surface area contributed by atoms with Crippen LogP contribution in [0.4, 0.5) is 0 Å². The van der Waals surface area contributed by atoms with Gasteiger partial charge in [0.1, 0.15) is 0 Å². The number of hydrogen-bond donors (Lipinski definition) is 2. The summed E-state index contributed by atoms with van der Waals surface area (Å²) in [6, 6.07) is 8.46. The van der Waals surface area contributed by atoms with Gasteiger partial charge in [-0.15, -0.1) is 12.4 Å². The number of carbonyl (C=O) groups is 1. The standard InChI is InChI=1S/C19H27ClN2O2.ClH/c1-14-11-15(5-8-21-14)18(23)22-13-19(6-9-24-10-7-19)16-3-2-4-17(20)12-16;/h2-4,12,14-15,21H,5-11,13H2,1H3,(H,22,23);1H/t14-,15-;/m0./s1. The third-order valence-electron chi connectivity index (χ3n) is 5.48. The van der Waals surface area contributed by atoms with Crippen molar-refractivity contribution in [2.24, 2.45) is 5.92 Å². The summed E-state index contributed by atoms with van der Waals surface area (Å²) in [6.45, 7) is 5.19. The summed E-state index contributed by atoms with van der Waals surface area (Å²) < 4.78 is 5.56. The number of hydrogen-bond acceptors (Lipinski definition) is 3. The van der Waals surface area contributed by atoms with Gasteiger partial charge in [-0.3, -0.25) is 4.79 Å².